The van der Waals surface area contributed by atoms with E-state index in [0.717, 1.165) is 5.52 Å². The molecule has 4 aromatic rings. The van der Waals surface area contributed by atoms with Crippen molar-refractivity contribution < 1.29 is 17.6 Å². The molecular weight excluding hydrogens is 400 g/mol. The molecule has 0 aliphatic carbocycles. The average Bonchev–Trinajstić information content (AvgIpc) is 3.23. The maximum atomic E-state index is 12.7. The first-order valence-electron chi connectivity index (χ1n) is 8.04. The van der Waals surface area contributed by atoms with Gasteiger partial charge in [-0.3, -0.25) is 9.52 Å². The van der Waals surface area contributed by atoms with Crippen molar-refractivity contribution in [3.63, 3.8) is 0 Å². The predicted octanol–water partition coefficient (Wildman–Crippen LogP) is 3.87. The van der Waals surface area contributed by atoms with Crippen molar-refractivity contribution in [2.75, 3.05) is 4.72 Å². The molecule has 3 N–H and O–H groups in total. The molecule has 8 nitrogen and oxygen atoms in total. The molecule has 0 amide bonds. The largest absolute Gasteiger partial charge is 0.453 e. The number of anilines is 1. The number of carbonyl (C=O) groups is 1. The number of hydrogen-bond donors (Lipinski definition) is 3. The van der Waals surface area contributed by atoms with E-state index in [0.29, 0.717) is 21.4 Å². The summed E-state index contributed by atoms with van der Waals surface area (Å²) in [6, 6.07) is 12.5. The van der Waals surface area contributed by atoms with Gasteiger partial charge in [0.25, 0.3) is 10.0 Å². The maximum Gasteiger partial charge on any atom is 0.262 e. The normalized spacial score (nSPS) is 11.5. The molecule has 0 saturated carbocycles. The van der Waals surface area contributed by atoms with Crippen molar-refractivity contribution in [1.82, 2.24) is 9.97 Å². The molecule has 0 fully saturated rings. The van der Waals surface area contributed by atoms with Gasteiger partial charge in [0.05, 0.1) is 27.7 Å². The number of benzene rings is 2. The summed E-state index contributed by atoms with van der Waals surface area (Å²) in [4.78, 5) is 17.6. The van der Waals surface area contributed by atoms with E-state index < -0.39 is 15.8 Å². The van der Waals surface area contributed by atoms with E-state index in [-0.39, 0.29) is 22.7 Å². The van der Waals surface area contributed by atoms with E-state index in [1.807, 2.05) is 0 Å². The number of H-pyrrole nitrogens is 2. The van der Waals surface area contributed by atoms with Crippen molar-refractivity contribution >= 4 is 55.7 Å². The summed E-state index contributed by atoms with van der Waals surface area (Å²) < 4.78 is 33.8. The third-order valence-electron chi connectivity index (χ3n) is 4.08. The van der Waals surface area contributed by atoms with Gasteiger partial charge < -0.3 is 14.4 Å². The number of sulfonamides is 1. The van der Waals surface area contributed by atoms with Crippen molar-refractivity contribution in [1.29, 1.82) is 5.26 Å². The molecule has 0 unspecified atom stereocenters. The van der Waals surface area contributed by atoms with Crippen LogP contribution in [0.1, 0.15) is 17.0 Å². The highest BCUT2D eigenvalue weighted by atomic mass is 32.2. The number of ketones is 1. The Bertz CT molecular complexity index is 1440. The third kappa shape index (κ3) is 3.28. The van der Waals surface area contributed by atoms with Crippen LogP contribution in [0.3, 0.4) is 0 Å². The summed E-state index contributed by atoms with van der Waals surface area (Å²) >= 11 is 5.02. The van der Waals surface area contributed by atoms with Gasteiger partial charge in [-0.2, -0.15) is 5.26 Å². The zero-order valence-electron chi connectivity index (χ0n) is 14.1. The number of carbonyl (C=O) groups excluding carboxylic acids is 1. The Kier molecular flexibility index (Phi) is 4.26. The van der Waals surface area contributed by atoms with E-state index >= 15 is 0 Å². The standard InChI is InChI=1S/C18H12N4O4S2/c19-6-5-15(23)17-7-10-1-3-12(9-16(10)26-17)28(24,25)22-11-2-4-13-14(8-11)21-18(27)20-13/h1-4,7-9,22H,5H2,(H2,20,21,27). The highest BCUT2D eigenvalue weighted by molar-refractivity contribution is 7.92. The summed E-state index contributed by atoms with van der Waals surface area (Å²) in [7, 11) is -3.89. The number of nitrogens with one attached hydrogen (secondary N) is 3. The van der Waals surface area contributed by atoms with Crippen molar-refractivity contribution in [3.8, 4) is 6.07 Å². The zero-order valence-corrected chi connectivity index (χ0v) is 15.8. The van der Waals surface area contributed by atoms with E-state index in [2.05, 4.69) is 14.7 Å². The van der Waals surface area contributed by atoms with Crippen LogP contribution in [0.15, 0.2) is 51.8 Å². The zero-order chi connectivity index (χ0) is 19.9. The van der Waals surface area contributed by atoms with Crippen LogP contribution < -0.4 is 4.72 Å². The Hall–Kier alpha value is -3.42. The van der Waals surface area contributed by atoms with Crippen molar-refractivity contribution in [2.24, 2.45) is 0 Å². The molecule has 10 heteroatoms. The van der Waals surface area contributed by atoms with Crippen LogP contribution in [-0.4, -0.2) is 24.2 Å². The summed E-state index contributed by atoms with van der Waals surface area (Å²) in [5.41, 5.74) is 2.04. The van der Waals surface area contributed by atoms with E-state index in [1.165, 1.54) is 18.2 Å². The van der Waals surface area contributed by atoms with Crippen LogP contribution in [-0.2, 0) is 10.0 Å². The molecule has 0 atom stereocenters. The number of rotatable bonds is 5. The second-order valence-corrected chi connectivity index (χ2v) is 8.10. The fourth-order valence-electron chi connectivity index (χ4n) is 2.79. The second-order valence-electron chi connectivity index (χ2n) is 6.01. The van der Waals surface area contributed by atoms with Gasteiger partial charge in [-0.15, -0.1) is 0 Å². The summed E-state index contributed by atoms with van der Waals surface area (Å²) in [5.74, 6) is -0.439. The van der Waals surface area contributed by atoms with Gasteiger partial charge in [0.2, 0.25) is 5.78 Å². The van der Waals surface area contributed by atoms with Crippen molar-refractivity contribution in [2.45, 2.75) is 11.3 Å². The van der Waals surface area contributed by atoms with E-state index in [4.69, 9.17) is 21.9 Å². The number of furan rings is 1. The smallest absolute Gasteiger partial charge is 0.262 e. The molecule has 2 aromatic heterocycles. The molecule has 2 aromatic carbocycles. The van der Waals surface area contributed by atoms with Crippen LogP contribution in [0.2, 0.25) is 0 Å². The number of fused-ring (bicyclic) bond motifs is 2. The second kappa shape index (κ2) is 6.63. The van der Waals surface area contributed by atoms with Crippen LogP contribution in [0.25, 0.3) is 22.0 Å². The number of nitrogens with zero attached hydrogens (tertiary/aromatic N) is 1. The lowest BCUT2D eigenvalue weighted by Crippen LogP contribution is -2.12. The molecule has 0 spiro atoms. The number of imidazole rings is 1. The SMILES string of the molecule is N#CCC(=O)c1cc2ccc(S(=O)(=O)Nc3ccc4[nH]c(=S)[nH]c4c3)cc2o1. The van der Waals surface area contributed by atoms with Crippen LogP contribution >= 0.6 is 12.2 Å². The van der Waals surface area contributed by atoms with Gasteiger partial charge in [0.1, 0.15) is 12.0 Å². The van der Waals surface area contributed by atoms with Crippen LogP contribution in [0.5, 0.6) is 0 Å². The molecule has 4 rings (SSSR count). The molecule has 0 radical (unpaired) electrons. The van der Waals surface area contributed by atoms with Crippen LogP contribution in [0.4, 0.5) is 5.69 Å². The number of aromatic nitrogens is 2. The topological polar surface area (TPSA) is 132 Å². The fraction of sp³-hybridized carbons (Fsp3) is 0.0556. The number of Topliss-reactive ketones (excluding diaryl/α,β-unsaturated/α-hetero) is 1. The van der Waals surface area contributed by atoms with Gasteiger partial charge in [0, 0.05) is 11.5 Å². The quantitative estimate of drug-likeness (QED) is 0.337. The Morgan fingerprint density at radius 3 is 2.71 bits per heavy atom. The number of nitriles is 1. The molecule has 2 heterocycles. The number of aromatic amines is 2. The molecular formula is C18H12N4O4S2. The fourth-order valence-corrected chi connectivity index (χ4v) is 4.07. The minimum absolute atomic E-state index is 0.0178. The third-order valence-corrected chi connectivity index (χ3v) is 5.67. The summed E-state index contributed by atoms with van der Waals surface area (Å²) in [6.07, 6.45) is -0.308. The molecule has 0 saturated heterocycles. The Morgan fingerprint density at radius 2 is 1.93 bits per heavy atom. The lowest BCUT2D eigenvalue weighted by Gasteiger charge is -2.08. The molecule has 28 heavy (non-hydrogen) atoms. The first-order valence-corrected chi connectivity index (χ1v) is 9.93. The average molecular weight is 412 g/mol. The van der Waals surface area contributed by atoms with Gasteiger partial charge in [-0.1, -0.05) is 0 Å². The van der Waals surface area contributed by atoms with Gasteiger partial charge in [0.15, 0.2) is 10.5 Å². The molecule has 0 aliphatic heterocycles. The minimum Gasteiger partial charge on any atom is -0.453 e. The summed E-state index contributed by atoms with van der Waals surface area (Å²) in [6.45, 7) is 0. The predicted molar refractivity (Wildman–Crippen MR) is 105 cm³/mol. The highest BCUT2D eigenvalue weighted by Crippen LogP contribution is 2.25. The minimum atomic E-state index is -3.89. The Labute approximate surface area is 163 Å². The lowest BCUT2D eigenvalue weighted by atomic mass is 10.2. The first kappa shape index (κ1) is 18.0. The lowest BCUT2D eigenvalue weighted by molar-refractivity contribution is 0.0973. The molecule has 140 valence electrons. The maximum absolute atomic E-state index is 12.7. The van der Waals surface area contributed by atoms with Gasteiger partial charge in [-0.25, -0.2) is 8.42 Å². The molecule has 0 bridgehead atoms. The highest BCUT2D eigenvalue weighted by Gasteiger charge is 2.18. The van der Waals surface area contributed by atoms with Gasteiger partial charge in [-0.05, 0) is 48.6 Å². The molecule has 0 aliphatic rings. The van der Waals surface area contributed by atoms with Gasteiger partial charge >= 0.3 is 0 Å². The van der Waals surface area contributed by atoms with E-state index in [1.54, 1.807) is 30.3 Å². The van der Waals surface area contributed by atoms with Crippen LogP contribution in [0, 0.1) is 16.1 Å². The Morgan fingerprint density at radius 1 is 1.14 bits per heavy atom. The van der Waals surface area contributed by atoms with Crippen molar-refractivity contribution in [3.05, 3.63) is 53.0 Å². The summed E-state index contributed by atoms with van der Waals surface area (Å²) in [5, 5.41) is 9.19. The Balaban J connectivity index is 1.67. The first-order chi connectivity index (χ1) is 13.4. The monoisotopic (exact) mass is 412 g/mol. The van der Waals surface area contributed by atoms with E-state index in [9.17, 15) is 13.2 Å². The number of hydrogen-bond acceptors (Lipinski definition) is 6.